The minimum Gasteiger partial charge on any atom is -0.394 e. The van der Waals surface area contributed by atoms with E-state index in [-0.39, 0.29) is 31.4 Å². The second-order valence-electron chi connectivity index (χ2n) is 14.3. The molecule has 3 aliphatic heterocycles. The number of halogens is 2. The van der Waals surface area contributed by atoms with Crippen molar-refractivity contribution in [3.05, 3.63) is 124 Å². The smallest absolute Gasteiger partial charge is 0.264 e. The van der Waals surface area contributed by atoms with Gasteiger partial charge in [0.25, 0.3) is 5.91 Å². The normalized spacial score (nSPS) is 24.1. The fourth-order valence-electron chi connectivity index (χ4n) is 8.51. The number of hydrogen-bond donors (Lipinski definition) is 1. The molecule has 0 unspecified atom stereocenters. The molecule has 1 N–H and O–H groups in total. The molecule has 5 atom stereocenters. The first-order chi connectivity index (χ1) is 24.5. The lowest BCUT2D eigenvalue weighted by Crippen LogP contribution is -2.48. The van der Waals surface area contributed by atoms with E-state index in [1.807, 2.05) is 85.8 Å². The third-order valence-corrected chi connectivity index (χ3v) is 13.6. The summed E-state index contributed by atoms with van der Waals surface area (Å²) in [7, 11) is -3.53. The molecule has 3 heterocycles. The van der Waals surface area contributed by atoms with Gasteiger partial charge in [0.1, 0.15) is 0 Å². The number of hydrogen-bond acceptors (Lipinski definition) is 5. The van der Waals surface area contributed by atoms with Crippen LogP contribution in [-0.4, -0.2) is 55.4 Å². The van der Waals surface area contributed by atoms with Gasteiger partial charge in [-0.25, -0.2) is 0 Å². The van der Waals surface area contributed by atoms with E-state index >= 15 is 4.11 Å². The Kier molecular flexibility index (Phi) is 9.39. The van der Waals surface area contributed by atoms with Crippen LogP contribution >= 0.6 is 11.6 Å². The molecule has 7 rings (SSSR count). The Labute approximate surface area is 303 Å². The molecule has 0 radical (unpaired) electrons. The van der Waals surface area contributed by atoms with E-state index in [1.54, 1.807) is 46.0 Å². The van der Waals surface area contributed by atoms with Gasteiger partial charge in [0.05, 0.1) is 37.4 Å². The quantitative estimate of drug-likeness (QED) is 0.111. The maximum absolute atomic E-state index is 16.5. The molecule has 0 aliphatic carbocycles. The lowest BCUT2D eigenvalue weighted by atomic mass is 9.82. The standard InChI is InChI=1S/C40H41ClFN3O5Si/c1-26-38(51(2,3)42)36(21-37(48)43-23-29-10-8-7-9-28(29)19-33(43)24-46)50-40(26)34-20-30(41)15-18-35(34)44(39(40)49)22-27-13-16-32(17-14-27)45(25-47)31-11-5-4-6-12-31/h4-18,20,25-26,33,36,38,46H,19,21-24H2,1-3H3/t26-,33+,36+,38-,40+/m1/s1. The predicted molar refractivity (Wildman–Crippen MR) is 198 cm³/mol. The molecule has 51 heavy (non-hydrogen) atoms. The van der Waals surface area contributed by atoms with Crippen LogP contribution in [-0.2, 0) is 44.2 Å². The van der Waals surface area contributed by atoms with Gasteiger partial charge in [0.2, 0.25) is 20.7 Å². The molecule has 0 saturated carbocycles. The van der Waals surface area contributed by atoms with Gasteiger partial charge in [-0.15, -0.1) is 0 Å². The molecule has 1 saturated heterocycles. The Morgan fingerprint density at radius 3 is 2.35 bits per heavy atom. The molecule has 8 nitrogen and oxygen atoms in total. The summed E-state index contributed by atoms with van der Waals surface area (Å²) < 4.78 is 23.3. The van der Waals surface area contributed by atoms with Gasteiger partial charge < -0.3 is 23.8 Å². The molecular formula is C40H41ClFN3O5Si. The van der Waals surface area contributed by atoms with Crippen molar-refractivity contribution in [1.29, 1.82) is 0 Å². The van der Waals surface area contributed by atoms with E-state index in [9.17, 15) is 19.5 Å². The van der Waals surface area contributed by atoms with Crippen LogP contribution in [0, 0.1) is 5.92 Å². The first kappa shape index (κ1) is 35.1. The number of rotatable bonds is 9. The molecular weight excluding hydrogens is 685 g/mol. The van der Waals surface area contributed by atoms with Gasteiger partial charge in [-0.05, 0) is 78.7 Å². The molecule has 1 fully saturated rings. The van der Waals surface area contributed by atoms with Crippen molar-refractivity contribution in [2.24, 2.45) is 5.92 Å². The Morgan fingerprint density at radius 1 is 1.02 bits per heavy atom. The highest BCUT2D eigenvalue weighted by atomic mass is 35.5. The lowest BCUT2D eigenvalue weighted by Gasteiger charge is -2.37. The predicted octanol–water partition coefficient (Wildman–Crippen LogP) is 7.29. The molecule has 1 spiro atoms. The topological polar surface area (TPSA) is 90.4 Å². The highest BCUT2D eigenvalue weighted by Crippen LogP contribution is 2.60. The number of carbonyl (C=O) groups is 3. The number of fused-ring (bicyclic) bond motifs is 3. The van der Waals surface area contributed by atoms with Gasteiger partial charge >= 0.3 is 0 Å². The maximum atomic E-state index is 16.5. The Balaban J connectivity index is 1.19. The van der Waals surface area contributed by atoms with Gasteiger partial charge in [-0.1, -0.05) is 73.1 Å². The number of nitrogens with zero attached hydrogens (tertiary/aromatic N) is 3. The number of carbonyl (C=O) groups excluding carboxylic acids is 3. The number of ether oxygens (including phenoxy) is 1. The van der Waals surface area contributed by atoms with Crippen molar-refractivity contribution >= 4 is 55.3 Å². The summed E-state index contributed by atoms with van der Waals surface area (Å²) in [6.07, 6.45) is 0.308. The van der Waals surface area contributed by atoms with Crippen molar-refractivity contribution in [3.63, 3.8) is 0 Å². The fraction of sp³-hybridized carbons (Fsp3) is 0.325. The average molecular weight is 726 g/mol. The lowest BCUT2D eigenvalue weighted by molar-refractivity contribution is -0.151. The van der Waals surface area contributed by atoms with Gasteiger partial charge in [-0.2, -0.15) is 0 Å². The van der Waals surface area contributed by atoms with Gasteiger partial charge in [0, 0.05) is 40.0 Å². The van der Waals surface area contributed by atoms with Crippen LogP contribution in [0.3, 0.4) is 0 Å². The van der Waals surface area contributed by atoms with Crippen molar-refractivity contribution in [1.82, 2.24) is 4.90 Å². The zero-order valence-electron chi connectivity index (χ0n) is 28.8. The summed E-state index contributed by atoms with van der Waals surface area (Å²) in [5, 5.41) is 10.7. The molecule has 0 bridgehead atoms. The summed E-state index contributed by atoms with van der Waals surface area (Å²) >= 11 is 6.55. The Hall–Kier alpha value is -4.35. The van der Waals surface area contributed by atoms with Crippen LogP contribution in [0.25, 0.3) is 0 Å². The second-order valence-corrected chi connectivity index (χ2v) is 18.6. The van der Waals surface area contributed by atoms with Crippen LogP contribution in [0.4, 0.5) is 21.2 Å². The Morgan fingerprint density at radius 2 is 1.69 bits per heavy atom. The van der Waals surface area contributed by atoms with E-state index in [2.05, 4.69) is 0 Å². The number of benzene rings is 4. The molecule has 0 aromatic heterocycles. The number of anilines is 3. The molecule has 3 aliphatic rings. The molecule has 3 amide bonds. The summed E-state index contributed by atoms with van der Waals surface area (Å²) in [5.74, 6) is -1.16. The highest BCUT2D eigenvalue weighted by Gasteiger charge is 2.67. The number of para-hydroxylation sites is 1. The number of aliphatic hydroxyl groups excluding tert-OH is 1. The summed E-state index contributed by atoms with van der Waals surface area (Å²) in [4.78, 5) is 45.8. The monoisotopic (exact) mass is 725 g/mol. The van der Waals surface area contributed by atoms with Crippen molar-refractivity contribution < 1.29 is 28.3 Å². The van der Waals surface area contributed by atoms with E-state index in [0.717, 1.165) is 28.8 Å². The minimum absolute atomic E-state index is 0.116. The number of amides is 3. The van der Waals surface area contributed by atoms with E-state index in [4.69, 9.17) is 16.3 Å². The zero-order chi connectivity index (χ0) is 36.1. The Bertz CT molecular complexity index is 1960. The largest absolute Gasteiger partial charge is 0.394 e. The van der Waals surface area contributed by atoms with Gasteiger partial charge in [-0.3, -0.25) is 19.3 Å². The fourth-order valence-corrected chi connectivity index (χ4v) is 11.2. The van der Waals surface area contributed by atoms with Crippen LogP contribution in [0.15, 0.2) is 97.1 Å². The van der Waals surface area contributed by atoms with Gasteiger partial charge in [0.15, 0.2) is 5.60 Å². The van der Waals surface area contributed by atoms with Crippen LogP contribution in [0.1, 0.15) is 35.6 Å². The van der Waals surface area contributed by atoms with Crippen LogP contribution in [0.2, 0.25) is 23.7 Å². The summed E-state index contributed by atoms with van der Waals surface area (Å²) in [6.45, 7) is 5.42. The maximum Gasteiger partial charge on any atom is 0.264 e. The summed E-state index contributed by atoms with van der Waals surface area (Å²) in [6, 6.07) is 29.4. The first-order valence-corrected chi connectivity index (χ1v) is 20.6. The molecule has 4 aromatic rings. The third-order valence-electron chi connectivity index (χ3n) is 10.9. The molecule has 11 heteroatoms. The van der Waals surface area contributed by atoms with Crippen molar-refractivity contribution in [2.75, 3.05) is 16.4 Å². The average Bonchev–Trinajstić information content (AvgIpc) is 3.54. The second kappa shape index (κ2) is 13.6. The third kappa shape index (κ3) is 6.18. The van der Waals surface area contributed by atoms with E-state index < -0.39 is 37.6 Å². The van der Waals surface area contributed by atoms with Crippen molar-refractivity contribution in [3.8, 4) is 0 Å². The van der Waals surface area contributed by atoms with Crippen LogP contribution < -0.4 is 9.80 Å². The molecule has 4 aromatic carbocycles. The highest BCUT2D eigenvalue weighted by molar-refractivity contribution is 6.72. The van der Waals surface area contributed by atoms with E-state index in [1.165, 1.54) is 0 Å². The number of aliphatic hydroxyl groups is 1. The van der Waals surface area contributed by atoms with E-state index in [0.29, 0.717) is 34.9 Å². The minimum atomic E-state index is -3.53. The van der Waals surface area contributed by atoms with Crippen molar-refractivity contribution in [2.45, 2.75) is 69.2 Å². The van der Waals surface area contributed by atoms with Crippen LogP contribution in [0.5, 0.6) is 0 Å². The zero-order valence-corrected chi connectivity index (χ0v) is 30.6. The molecule has 264 valence electrons. The first-order valence-electron chi connectivity index (χ1n) is 17.3. The summed E-state index contributed by atoms with van der Waals surface area (Å²) in [5.41, 5.74) is 3.31. The SMILES string of the molecule is C[C@@H]1[C@@H]([Si](C)(C)F)[C@H](CC(=O)N2Cc3ccccc3C[C@H]2CO)O[C@@]12C(=O)N(Cc1ccc(N(C=O)c3ccccc3)cc1)c1ccc(Cl)cc12.